The minimum atomic E-state index is -0.465. The van der Waals surface area contributed by atoms with E-state index in [4.69, 9.17) is 14.2 Å². The number of hydrogen-bond acceptors (Lipinski definition) is 8. The van der Waals surface area contributed by atoms with Gasteiger partial charge in [0.05, 0.1) is 21.3 Å². The number of nitriles is 1. The van der Waals surface area contributed by atoms with Gasteiger partial charge in [-0.3, -0.25) is 5.10 Å². The van der Waals surface area contributed by atoms with Gasteiger partial charge in [0.1, 0.15) is 23.1 Å². The van der Waals surface area contributed by atoms with E-state index in [9.17, 15) is 10.1 Å². The molecule has 168 valence electrons. The first kappa shape index (κ1) is 21.6. The van der Waals surface area contributed by atoms with Crippen LogP contribution in [0.5, 0.6) is 17.2 Å². The van der Waals surface area contributed by atoms with Gasteiger partial charge in [-0.1, -0.05) is 0 Å². The zero-order chi connectivity index (χ0) is 23.4. The summed E-state index contributed by atoms with van der Waals surface area (Å²) in [6.07, 6.45) is 1.59. The van der Waals surface area contributed by atoms with Crippen molar-refractivity contribution in [2.45, 2.75) is 0 Å². The maximum atomic E-state index is 11.3. The van der Waals surface area contributed by atoms with Crippen molar-refractivity contribution < 1.29 is 23.7 Å². The van der Waals surface area contributed by atoms with Gasteiger partial charge in [-0.2, -0.15) is 5.26 Å². The standard InChI is InChI=1S/C23H21N5O5/c1-30-18-9-6-16(10-19(18)31-2)26-23-21(27-22-15(11-24)12-25-28(22)23)14-4-7-17(8-5-14)33-13-20(29)32-3/h4-10,12,25-26H,13H2,1-3H3. The molecule has 0 bridgehead atoms. The van der Waals surface area contributed by atoms with Crippen LogP contribution in [0.3, 0.4) is 0 Å². The molecule has 2 aromatic heterocycles. The number of rotatable bonds is 8. The van der Waals surface area contributed by atoms with E-state index in [1.165, 1.54) is 7.11 Å². The average Bonchev–Trinajstić information content (AvgIpc) is 3.42. The first-order valence-corrected chi connectivity index (χ1v) is 9.87. The first-order chi connectivity index (χ1) is 16.1. The average molecular weight is 447 g/mol. The topological polar surface area (TPSA) is 123 Å². The first-order valence-electron chi connectivity index (χ1n) is 9.87. The van der Waals surface area contributed by atoms with Gasteiger partial charge in [-0.15, -0.1) is 0 Å². The largest absolute Gasteiger partial charge is 0.493 e. The summed E-state index contributed by atoms with van der Waals surface area (Å²) in [5.74, 6) is 1.85. The molecule has 2 heterocycles. The molecule has 0 saturated carbocycles. The van der Waals surface area contributed by atoms with Crippen LogP contribution in [0.25, 0.3) is 16.9 Å². The van der Waals surface area contributed by atoms with Crippen LogP contribution in [-0.4, -0.2) is 48.5 Å². The van der Waals surface area contributed by atoms with Crippen molar-refractivity contribution in [3.05, 3.63) is 54.2 Å². The van der Waals surface area contributed by atoms with E-state index in [1.54, 1.807) is 49.2 Å². The van der Waals surface area contributed by atoms with Crippen LogP contribution in [0.4, 0.5) is 11.5 Å². The van der Waals surface area contributed by atoms with Crippen molar-refractivity contribution in [3.63, 3.8) is 0 Å². The number of ether oxygens (including phenoxy) is 4. The fourth-order valence-electron chi connectivity index (χ4n) is 3.28. The molecule has 0 saturated heterocycles. The van der Waals surface area contributed by atoms with Gasteiger partial charge in [-0.25, -0.2) is 14.3 Å². The Morgan fingerprint density at radius 1 is 1.12 bits per heavy atom. The fourth-order valence-corrected chi connectivity index (χ4v) is 3.28. The highest BCUT2D eigenvalue weighted by Gasteiger charge is 2.19. The molecule has 4 rings (SSSR count). The zero-order valence-electron chi connectivity index (χ0n) is 18.2. The normalized spacial score (nSPS) is 10.5. The smallest absolute Gasteiger partial charge is 0.343 e. The Hall–Kier alpha value is -4.65. The van der Waals surface area contributed by atoms with Gasteiger partial charge in [-0.05, 0) is 36.4 Å². The van der Waals surface area contributed by atoms with Gasteiger partial charge >= 0.3 is 5.97 Å². The van der Waals surface area contributed by atoms with Crippen molar-refractivity contribution in [1.29, 1.82) is 5.26 Å². The molecule has 0 aliphatic carbocycles. The highest BCUT2D eigenvalue weighted by molar-refractivity contribution is 5.81. The van der Waals surface area contributed by atoms with Crippen LogP contribution in [0.2, 0.25) is 0 Å². The molecule has 0 fully saturated rings. The zero-order valence-corrected chi connectivity index (χ0v) is 18.2. The highest BCUT2D eigenvalue weighted by Crippen LogP contribution is 2.35. The number of nitrogens with zero attached hydrogens (tertiary/aromatic N) is 3. The molecular formula is C23H21N5O5. The van der Waals surface area contributed by atoms with Gasteiger partial charge in [0.25, 0.3) is 0 Å². The lowest BCUT2D eigenvalue weighted by atomic mass is 10.1. The van der Waals surface area contributed by atoms with Gasteiger partial charge < -0.3 is 24.3 Å². The molecular weight excluding hydrogens is 426 g/mol. The fraction of sp³-hybridized carbons (Fsp3) is 0.174. The summed E-state index contributed by atoms with van der Waals surface area (Å²) in [5.41, 5.74) is 3.04. The van der Waals surface area contributed by atoms with Crippen LogP contribution in [0, 0.1) is 11.3 Å². The highest BCUT2D eigenvalue weighted by atomic mass is 16.6. The van der Waals surface area contributed by atoms with Crippen molar-refractivity contribution in [2.24, 2.45) is 0 Å². The van der Waals surface area contributed by atoms with Crippen molar-refractivity contribution in [3.8, 4) is 34.6 Å². The van der Waals surface area contributed by atoms with Gasteiger partial charge in [0.2, 0.25) is 0 Å². The number of carbonyl (C=O) groups is 1. The third-order valence-corrected chi connectivity index (χ3v) is 4.94. The predicted molar refractivity (Wildman–Crippen MR) is 120 cm³/mol. The van der Waals surface area contributed by atoms with Crippen molar-refractivity contribution in [2.75, 3.05) is 33.3 Å². The van der Waals surface area contributed by atoms with E-state index in [0.29, 0.717) is 40.0 Å². The second-order valence-electron chi connectivity index (χ2n) is 6.85. The number of aromatic nitrogens is 3. The summed E-state index contributed by atoms with van der Waals surface area (Å²) in [7, 11) is 4.44. The van der Waals surface area contributed by atoms with Crippen LogP contribution in [0.15, 0.2) is 48.7 Å². The molecule has 0 radical (unpaired) electrons. The number of fused-ring (bicyclic) bond motifs is 1. The van der Waals surface area contributed by atoms with Gasteiger partial charge in [0.15, 0.2) is 29.6 Å². The number of anilines is 2. The van der Waals surface area contributed by atoms with Gasteiger partial charge in [0, 0.05) is 23.5 Å². The van der Waals surface area contributed by atoms with E-state index < -0.39 is 5.97 Å². The molecule has 4 aromatic rings. The third kappa shape index (κ3) is 4.24. The SMILES string of the molecule is COC(=O)COc1ccc(-c2nc3c(C#N)c[nH]n3c2Nc2ccc(OC)c(OC)c2)cc1. The number of methoxy groups -OCH3 is 3. The van der Waals surface area contributed by atoms with Crippen LogP contribution in [0.1, 0.15) is 5.56 Å². The summed E-state index contributed by atoms with van der Waals surface area (Å²) in [4.78, 5) is 16.0. The Kier molecular flexibility index (Phi) is 6.04. The molecule has 0 spiro atoms. The summed E-state index contributed by atoms with van der Waals surface area (Å²) in [6.45, 7) is -0.180. The number of esters is 1. The minimum absolute atomic E-state index is 0.180. The molecule has 0 amide bonds. The van der Waals surface area contributed by atoms with Crippen molar-refractivity contribution in [1.82, 2.24) is 14.6 Å². The number of H-pyrrole nitrogens is 1. The lowest BCUT2D eigenvalue weighted by Crippen LogP contribution is -2.12. The Balaban J connectivity index is 1.72. The second-order valence-corrected chi connectivity index (χ2v) is 6.85. The van der Waals surface area contributed by atoms with Crippen molar-refractivity contribution >= 4 is 23.1 Å². The van der Waals surface area contributed by atoms with E-state index in [1.807, 2.05) is 18.2 Å². The summed E-state index contributed by atoms with van der Waals surface area (Å²) >= 11 is 0. The number of imidazole rings is 1. The quantitative estimate of drug-likeness (QED) is 0.394. The van der Waals surface area contributed by atoms with E-state index in [0.717, 1.165) is 11.3 Å². The number of benzene rings is 2. The monoisotopic (exact) mass is 447 g/mol. The molecule has 0 aliphatic rings. The van der Waals surface area contributed by atoms with E-state index in [2.05, 4.69) is 26.2 Å². The lowest BCUT2D eigenvalue weighted by molar-refractivity contribution is -0.142. The minimum Gasteiger partial charge on any atom is -0.493 e. The molecule has 2 aromatic carbocycles. The molecule has 2 N–H and O–H groups in total. The summed E-state index contributed by atoms with van der Waals surface area (Å²) in [6, 6.07) is 14.7. The van der Waals surface area contributed by atoms with Crippen LogP contribution < -0.4 is 19.5 Å². The number of hydrogen-bond donors (Lipinski definition) is 2. The molecule has 10 heteroatoms. The Morgan fingerprint density at radius 2 is 1.88 bits per heavy atom. The second kappa shape index (κ2) is 9.23. The predicted octanol–water partition coefficient (Wildman–Crippen LogP) is 3.51. The number of nitrogens with one attached hydrogen (secondary N) is 2. The van der Waals surface area contributed by atoms with Crippen LogP contribution >= 0.6 is 0 Å². The molecule has 33 heavy (non-hydrogen) atoms. The third-order valence-electron chi connectivity index (χ3n) is 4.94. The van der Waals surface area contributed by atoms with E-state index >= 15 is 0 Å². The molecule has 0 aliphatic heterocycles. The molecule has 10 nitrogen and oxygen atoms in total. The Bertz CT molecular complexity index is 1330. The molecule has 0 unspecified atom stereocenters. The lowest BCUT2D eigenvalue weighted by Gasteiger charge is -2.12. The number of carbonyl (C=O) groups excluding carboxylic acids is 1. The van der Waals surface area contributed by atoms with E-state index in [-0.39, 0.29) is 6.61 Å². The Morgan fingerprint density at radius 3 is 2.55 bits per heavy atom. The number of aromatic amines is 1. The molecule has 0 atom stereocenters. The Labute approximate surface area is 189 Å². The maximum Gasteiger partial charge on any atom is 0.343 e. The maximum absolute atomic E-state index is 11.3. The van der Waals surface area contributed by atoms with Crippen LogP contribution in [-0.2, 0) is 9.53 Å². The summed E-state index contributed by atoms with van der Waals surface area (Å²) < 4.78 is 22.4. The summed E-state index contributed by atoms with van der Waals surface area (Å²) in [5, 5.41) is 15.9.